The van der Waals surface area contributed by atoms with Gasteiger partial charge in [-0.15, -0.1) is 0 Å². The Morgan fingerprint density at radius 2 is 1.31 bits per heavy atom. The molecule has 156 valence electrons. The standard InChI is InChI=1S/C24H30O5/c1-4-28-23(25)12-10-18-14-19(11-13-24(26)29-5-2)16-20(15-18)17-21-8-6-7-9-22(21)27-3/h6-9,14-16H,4-5,10-13,17H2,1-3H3. The van der Waals surface area contributed by atoms with E-state index >= 15 is 0 Å². The van der Waals surface area contributed by atoms with Gasteiger partial charge in [0, 0.05) is 19.3 Å². The van der Waals surface area contributed by atoms with Crippen molar-refractivity contribution in [1.82, 2.24) is 0 Å². The highest BCUT2D eigenvalue weighted by atomic mass is 16.5. The second-order valence-corrected chi connectivity index (χ2v) is 6.76. The molecule has 0 aliphatic heterocycles. The topological polar surface area (TPSA) is 61.8 Å². The van der Waals surface area contributed by atoms with Crippen molar-refractivity contribution >= 4 is 11.9 Å². The lowest BCUT2D eigenvalue weighted by Crippen LogP contribution is -2.07. The van der Waals surface area contributed by atoms with Crippen LogP contribution in [-0.4, -0.2) is 32.3 Å². The van der Waals surface area contributed by atoms with E-state index in [-0.39, 0.29) is 11.9 Å². The molecule has 2 aromatic rings. The van der Waals surface area contributed by atoms with Gasteiger partial charge in [0.25, 0.3) is 0 Å². The molecule has 0 fully saturated rings. The van der Waals surface area contributed by atoms with Gasteiger partial charge >= 0.3 is 11.9 Å². The lowest BCUT2D eigenvalue weighted by atomic mass is 9.96. The highest BCUT2D eigenvalue weighted by Crippen LogP contribution is 2.23. The van der Waals surface area contributed by atoms with Crippen LogP contribution in [0.1, 0.15) is 48.9 Å². The molecule has 0 aliphatic carbocycles. The van der Waals surface area contributed by atoms with Gasteiger partial charge in [0.2, 0.25) is 0 Å². The molecule has 0 aliphatic rings. The van der Waals surface area contributed by atoms with Crippen LogP contribution in [0.3, 0.4) is 0 Å². The lowest BCUT2D eigenvalue weighted by Gasteiger charge is -2.12. The summed E-state index contributed by atoms with van der Waals surface area (Å²) in [5.74, 6) is 0.448. The summed E-state index contributed by atoms with van der Waals surface area (Å²) in [5.41, 5.74) is 4.33. The van der Waals surface area contributed by atoms with Gasteiger partial charge in [0.1, 0.15) is 5.75 Å². The second-order valence-electron chi connectivity index (χ2n) is 6.76. The molecule has 5 heteroatoms. The maximum absolute atomic E-state index is 11.7. The van der Waals surface area contributed by atoms with Gasteiger partial charge in [-0.25, -0.2) is 0 Å². The smallest absolute Gasteiger partial charge is 0.306 e. The first-order valence-corrected chi connectivity index (χ1v) is 10.1. The molecule has 0 saturated heterocycles. The average molecular weight is 398 g/mol. The number of hydrogen-bond donors (Lipinski definition) is 0. The van der Waals surface area contributed by atoms with Crippen LogP contribution in [0.25, 0.3) is 0 Å². The number of carbonyl (C=O) groups is 2. The Labute approximate surface area is 173 Å². The van der Waals surface area contributed by atoms with E-state index in [1.807, 2.05) is 24.3 Å². The van der Waals surface area contributed by atoms with Crippen LogP contribution in [0.5, 0.6) is 5.75 Å². The van der Waals surface area contributed by atoms with Crippen molar-refractivity contribution in [3.63, 3.8) is 0 Å². The van der Waals surface area contributed by atoms with E-state index in [0.717, 1.165) is 28.0 Å². The van der Waals surface area contributed by atoms with Crippen LogP contribution in [0.2, 0.25) is 0 Å². The van der Waals surface area contributed by atoms with E-state index < -0.39 is 0 Å². The van der Waals surface area contributed by atoms with Crippen molar-refractivity contribution in [1.29, 1.82) is 0 Å². The van der Waals surface area contributed by atoms with Crippen LogP contribution in [0.15, 0.2) is 42.5 Å². The first-order valence-electron chi connectivity index (χ1n) is 10.1. The van der Waals surface area contributed by atoms with Gasteiger partial charge in [-0.2, -0.15) is 0 Å². The zero-order chi connectivity index (χ0) is 21.1. The molecule has 0 amide bonds. The van der Waals surface area contributed by atoms with E-state index in [2.05, 4.69) is 18.2 Å². The molecule has 2 aromatic carbocycles. The Kier molecular flexibility index (Phi) is 9.22. The van der Waals surface area contributed by atoms with E-state index in [4.69, 9.17) is 14.2 Å². The fourth-order valence-electron chi connectivity index (χ4n) is 3.26. The van der Waals surface area contributed by atoms with Gasteiger partial charge in [-0.05, 0) is 55.0 Å². The molecule has 2 rings (SSSR count). The van der Waals surface area contributed by atoms with Crippen LogP contribution in [0, 0.1) is 0 Å². The minimum absolute atomic E-state index is 0.198. The predicted octanol–water partition coefficient (Wildman–Crippen LogP) is 4.28. The number of hydrogen-bond acceptors (Lipinski definition) is 5. The minimum Gasteiger partial charge on any atom is -0.496 e. The van der Waals surface area contributed by atoms with Gasteiger partial charge in [0.05, 0.1) is 20.3 Å². The first kappa shape index (κ1) is 22.5. The average Bonchev–Trinajstić information content (AvgIpc) is 2.71. The largest absolute Gasteiger partial charge is 0.496 e. The molecule has 0 aromatic heterocycles. The van der Waals surface area contributed by atoms with Crippen molar-refractivity contribution in [2.45, 2.75) is 46.0 Å². The summed E-state index contributed by atoms with van der Waals surface area (Å²) in [6.07, 6.45) is 2.59. The highest BCUT2D eigenvalue weighted by Gasteiger charge is 2.10. The molecule has 0 radical (unpaired) electrons. The first-order chi connectivity index (χ1) is 14.0. The summed E-state index contributed by atoms with van der Waals surface area (Å²) >= 11 is 0. The zero-order valence-electron chi connectivity index (χ0n) is 17.5. The molecular weight excluding hydrogens is 368 g/mol. The number of aryl methyl sites for hydroxylation is 2. The Bertz CT molecular complexity index is 772. The Morgan fingerprint density at radius 1 is 0.793 bits per heavy atom. The highest BCUT2D eigenvalue weighted by molar-refractivity contribution is 5.70. The molecule has 0 atom stereocenters. The summed E-state index contributed by atoms with van der Waals surface area (Å²) in [6.45, 7) is 4.38. The molecule has 0 heterocycles. The second kappa shape index (κ2) is 11.9. The summed E-state index contributed by atoms with van der Waals surface area (Å²) in [5, 5.41) is 0. The number of ether oxygens (including phenoxy) is 3. The fourth-order valence-corrected chi connectivity index (χ4v) is 3.26. The van der Waals surface area contributed by atoms with Gasteiger partial charge in [-0.1, -0.05) is 36.4 Å². The fraction of sp³-hybridized carbons (Fsp3) is 0.417. The minimum atomic E-state index is -0.198. The summed E-state index contributed by atoms with van der Waals surface area (Å²) in [4.78, 5) is 23.5. The zero-order valence-corrected chi connectivity index (χ0v) is 17.5. The molecular formula is C24H30O5. The number of esters is 2. The summed E-state index contributed by atoms with van der Waals surface area (Å²) in [7, 11) is 1.67. The quantitative estimate of drug-likeness (QED) is 0.529. The normalized spacial score (nSPS) is 10.4. The third-order valence-electron chi connectivity index (χ3n) is 4.55. The van der Waals surface area contributed by atoms with Crippen molar-refractivity contribution in [3.8, 4) is 5.75 Å². The summed E-state index contributed by atoms with van der Waals surface area (Å²) in [6, 6.07) is 14.2. The van der Waals surface area contributed by atoms with Crippen molar-refractivity contribution in [3.05, 3.63) is 64.7 Å². The van der Waals surface area contributed by atoms with Crippen LogP contribution >= 0.6 is 0 Å². The number of rotatable bonds is 11. The third kappa shape index (κ3) is 7.60. The predicted molar refractivity (Wildman–Crippen MR) is 112 cm³/mol. The van der Waals surface area contributed by atoms with Crippen molar-refractivity contribution in [2.75, 3.05) is 20.3 Å². The maximum atomic E-state index is 11.7. The lowest BCUT2D eigenvalue weighted by molar-refractivity contribution is -0.143. The van der Waals surface area contributed by atoms with E-state index in [9.17, 15) is 9.59 Å². The molecule has 0 unspecified atom stereocenters. The Morgan fingerprint density at radius 3 is 1.83 bits per heavy atom. The van der Waals surface area contributed by atoms with Gasteiger partial charge in [0.15, 0.2) is 0 Å². The number of carbonyl (C=O) groups excluding carboxylic acids is 2. The number of para-hydroxylation sites is 1. The van der Waals surface area contributed by atoms with Crippen molar-refractivity contribution < 1.29 is 23.8 Å². The van der Waals surface area contributed by atoms with Crippen LogP contribution in [0.4, 0.5) is 0 Å². The van der Waals surface area contributed by atoms with E-state index in [0.29, 0.717) is 45.3 Å². The van der Waals surface area contributed by atoms with E-state index in [1.165, 1.54) is 0 Å². The molecule has 5 nitrogen and oxygen atoms in total. The van der Waals surface area contributed by atoms with Crippen LogP contribution < -0.4 is 4.74 Å². The van der Waals surface area contributed by atoms with Crippen LogP contribution in [-0.2, 0) is 38.3 Å². The number of methoxy groups -OCH3 is 1. The monoisotopic (exact) mass is 398 g/mol. The Balaban J connectivity index is 2.20. The van der Waals surface area contributed by atoms with Gasteiger partial charge < -0.3 is 14.2 Å². The Hall–Kier alpha value is -2.82. The third-order valence-corrected chi connectivity index (χ3v) is 4.55. The molecule has 0 N–H and O–H groups in total. The maximum Gasteiger partial charge on any atom is 0.306 e. The molecule has 29 heavy (non-hydrogen) atoms. The van der Waals surface area contributed by atoms with E-state index in [1.54, 1.807) is 21.0 Å². The summed E-state index contributed by atoms with van der Waals surface area (Å²) < 4.78 is 15.5. The number of benzene rings is 2. The van der Waals surface area contributed by atoms with Crippen molar-refractivity contribution in [2.24, 2.45) is 0 Å². The molecule has 0 bridgehead atoms. The SMILES string of the molecule is CCOC(=O)CCc1cc(CCC(=O)OCC)cc(Cc2ccccc2OC)c1. The van der Waals surface area contributed by atoms with Gasteiger partial charge in [-0.3, -0.25) is 9.59 Å². The molecule has 0 spiro atoms. The molecule has 0 saturated carbocycles.